The summed E-state index contributed by atoms with van der Waals surface area (Å²) in [6.07, 6.45) is 5.58. The van der Waals surface area contributed by atoms with Crippen LogP contribution in [0.4, 0.5) is 8.78 Å². The number of amides is 1. The lowest BCUT2D eigenvalue weighted by atomic mass is 10.0. The van der Waals surface area contributed by atoms with Crippen molar-refractivity contribution in [2.24, 2.45) is 7.05 Å². The van der Waals surface area contributed by atoms with E-state index < -0.39 is 38.5 Å². The van der Waals surface area contributed by atoms with E-state index in [1.807, 2.05) is 0 Å². The van der Waals surface area contributed by atoms with Crippen molar-refractivity contribution >= 4 is 15.9 Å². The second-order valence-electron chi connectivity index (χ2n) is 7.97. The van der Waals surface area contributed by atoms with E-state index in [-0.39, 0.29) is 5.56 Å². The zero-order valence-electron chi connectivity index (χ0n) is 18.0. The number of carbonyl (C=O) groups excluding carboxylic acids is 1. The molecule has 0 radical (unpaired) electrons. The molecule has 0 bridgehead atoms. The Labute approximate surface area is 191 Å². The van der Waals surface area contributed by atoms with Gasteiger partial charge in [-0.1, -0.05) is 18.6 Å². The molecule has 1 fully saturated rings. The molecule has 2 heterocycles. The number of sulfonamides is 1. The molecule has 3 aromatic rings. The number of nitrogens with one attached hydrogen (secondary N) is 1. The number of aryl methyl sites for hydroxylation is 1. The molecule has 33 heavy (non-hydrogen) atoms. The maximum absolute atomic E-state index is 14.5. The Bertz CT molecular complexity index is 1270. The van der Waals surface area contributed by atoms with Crippen LogP contribution in [0.25, 0.3) is 0 Å². The highest BCUT2D eigenvalue weighted by Gasteiger charge is 2.30. The normalized spacial score (nSPS) is 15.8. The van der Waals surface area contributed by atoms with Gasteiger partial charge in [0.1, 0.15) is 28.4 Å². The fourth-order valence-electron chi connectivity index (χ4n) is 3.94. The molecule has 1 N–H and O–H groups in total. The third kappa shape index (κ3) is 4.81. The van der Waals surface area contributed by atoms with Gasteiger partial charge >= 0.3 is 0 Å². The molecule has 0 unspecified atom stereocenters. The lowest BCUT2D eigenvalue weighted by Crippen LogP contribution is -2.36. The molecule has 0 spiro atoms. The van der Waals surface area contributed by atoms with Crippen LogP contribution in [-0.4, -0.2) is 41.3 Å². The molecular formula is C23H24F2N4O3S. The van der Waals surface area contributed by atoms with E-state index in [4.69, 9.17) is 0 Å². The van der Waals surface area contributed by atoms with Crippen molar-refractivity contribution in [1.82, 2.24) is 19.2 Å². The minimum absolute atomic E-state index is 0.0254. The first-order chi connectivity index (χ1) is 15.8. The van der Waals surface area contributed by atoms with Crippen LogP contribution in [0.2, 0.25) is 0 Å². The first kappa shape index (κ1) is 23.1. The monoisotopic (exact) mass is 474 g/mol. The molecule has 10 heteroatoms. The fraction of sp³-hybridized carbons (Fsp3) is 0.304. The highest BCUT2D eigenvalue weighted by atomic mass is 32.2. The first-order valence-corrected chi connectivity index (χ1v) is 12.0. The maximum atomic E-state index is 14.5. The lowest BCUT2D eigenvalue weighted by Gasteiger charge is -2.26. The summed E-state index contributed by atoms with van der Waals surface area (Å²) in [5.74, 6) is -1.57. The van der Waals surface area contributed by atoms with Gasteiger partial charge in [0, 0.05) is 38.1 Å². The van der Waals surface area contributed by atoms with Gasteiger partial charge in [0.25, 0.3) is 5.91 Å². The van der Waals surface area contributed by atoms with E-state index in [1.54, 1.807) is 30.1 Å². The summed E-state index contributed by atoms with van der Waals surface area (Å²) in [5.41, 5.74) is 0.434. The van der Waals surface area contributed by atoms with Gasteiger partial charge in [0.2, 0.25) is 10.0 Å². The van der Waals surface area contributed by atoms with Crippen molar-refractivity contribution in [3.05, 3.63) is 83.4 Å². The Morgan fingerprint density at radius 2 is 1.85 bits per heavy atom. The van der Waals surface area contributed by atoms with Crippen LogP contribution < -0.4 is 5.32 Å². The Kier molecular flexibility index (Phi) is 6.57. The van der Waals surface area contributed by atoms with Crippen LogP contribution >= 0.6 is 0 Å². The molecule has 1 aliphatic heterocycles. The molecule has 2 aromatic carbocycles. The highest BCUT2D eigenvalue weighted by molar-refractivity contribution is 7.89. The Hall–Kier alpha value is -3.11. The SMILES string of the molecule is Cn1ccnc1[C@@H](NC(=O)c1ccc(F)c(S(=O)(=O)N2CCCCC2)c1)c1cccc(F)c1. The van der Waals surface area contributed by atoms with Crippen molar-refractivity contribution < 1.29 is 22.0 Å². The highest BCUT2D eigenvalue weighted by Crippen LogP contribution is 2.26. The Balaban J connectivity index is 1.67. The fourth-order valence-corrected chi connectivity index (χ4v) is 5.55. The largest absolute Gasteiger partial charge is 0.338 e. The number of hydrogen-bond acceptors (Lipinski definition) is 4. The second kappa shape index (κ2) is 9.40. The molecule has 1 aromatic heterocycles. The van der Waals surface area contributed by atoms with Gasteiger partial charge in [0.05, 0.1) is 0 Å². The van der Waals surface area contributed by atoms with Crippen molar-refractivity contribution in [1.29, 1.82) is 0 Å². The number of piperidine rings is 1. The number of benzene rings is 2. The molecule has 4 rings (SSSR count). The summed E-state index contributed by atoms with van der Waals surface area (Å²) in [4.78, 5) is 16.8. The minimum Gasteiger partial charge on any atom is -0.338 e. The van der Waals surface area contributed by atoms with E-state index in [0.29, 0.717) is 37.3 Å². The van der Waals surface area contributed by atoms with Gasteiger partial charge in [0.15, 0.2) is 0 Å². The van der Waals surface area contributed by atoms with E-state index in [9.17, 15) is 22.0 Å². The van der Waals surface area contributed by atoms with E-state index in [2.05, 4.69) is 10.3 Å². The molecule has 1 atom stereocenters. The van der Waals surface area contributed by atoms with Crippen LogP contribution in [0.15, 0.2) is 59.8 Å². The molecule has 0 aliphatic carbocycles. The minimum atomic E-state index is -4.07. The van der Waals surface area contributed by atoms with Gasteiger partial charge in [-0.05, 0) is 48.7 Å². The van der Waals surface area contributed by atoms with Crippen molar-refractivity contribution in [2.75, 3.05) is 13.1 Å². The van der Waals surface area contributed by atoms with Crippen LogP contribution in [-0.2, 0) is 17.1 Å². The van der Waals surface area contributed by atoms with Crippen LogP contribution in [0, 0.1) is 11.6 Å². The summed E-state index contributed by atoms with van der Waals surface area (Å²) < 4.78 is 57.3. The first-order valence-electron chi connectivity index (χ1n) is 10.6. The smallest absolute Gasteiger partial charge is 0.252 e. The molecule has 0 saturated carbocycles. The molecule has 1 aliphatic rings. The Morgan fingerprint density at radius 3 is 2.52 bits per heavy atom. The van der Waals surface area contributed by atoms with E-state index in [1.165, 1.54) is 28.6 Å². The summed E-state index contributed by atoms with van der Waals surface area (Å²) >= 11 is 0. The number of aromatic nitrogens is 2. The van der Waals surface area contributed by atoms with Crippen molar-refractivity contribution in [2.45, 2.75) is 30.2 Å². The summed E-state index contributed by atoms with van der Waals surface area (Å²) in [7, 11) is -2.33. The molecular weight excluding hydrogens is 450 g/mol. The van der Waals surface area contributed by atoms with Crippen LogP contribution in [0.3, 0.4) is 0 Å². The molecule has 1 amide bonds. The van der Waals surface area contributed by atoms with Crippen LogP contribution in [0.5, 0.6) is 0 Å². The summed E-state index contributed by atoms with van der Waals surface area (Å²) in [5, 5.41) is 2.78. The zero-order chi connectivity index (χ0) is 23.6. The predicted octanol–water partition coefficient (Wildman–Crippen LogP) is 3.39. The van der Waals surface area contributed by atoms with E-state index >= 15 is 0 Å². The molecule has 1 saturated heterocycles. The quantitative estimate of drug-likeness (QED) is 0.594. The van der Waals surface area contributed by atoms with Gasteiger partial charge in [-0.15, -0.1) is 0 Å². The Morgan fingerprint density at radius 1 is 1.09 bits per heavy atom. The second-order valence-corrected chi connectivity index (χ2v) is 9.87. The van der Waals surface area contributed by atoms with Crippen molar-refractivity contribution in [3.8, 4) is 0 Å². The summed E-state index contributed by atoms with van der Waals surface area (Å²) in [6, 6.07) is 8.20. The van der Waals surface area contributed by atoms with Gasteiger partial charge in [-0.3, -0.25) is 4.79 Å². The van der Waals surface area contributed by atoms with Crippen molar-refractivity contribution in [3.63, 3.8) is 0 Å². The van der Waals surface area contributed by atoms with E-state index in [0.717, 1.165) is 18.6 Å². The lowest BCUT2D eigenvalue weighted by molar-refractivity contribution is 0.0940. The average molecular weight is 475 g/mol. The zero-order valence-corrected chi connectivity index (χ0v) is 18.9. The van der Waals surface area contributed by atoms with Crippen LogP contribution in [0.1, 0.15) is 47.1 Å². The number of imidazole rings is 1. The van der Waals surface area contributed by atoms with Gasteiger partial charge in [-0.25, -0.2) is 22.2 Å². The standard InChI is InChI=1S/C23H24F2N4O3S/c1-28-13-10-26-22(28)21(16-6-5-7-18(24)14-16)27-23(30)17-8-9-19(25)20(15-17)33(31,32)29-11-3-2-4-12-29/h5-10,13-15,21H,2-4,11-12H2,1H3,(H,27,30)/t21-/m0/s1. The third-order valence-electron chi connectivity index (χ3n) is 5.70. The third-order valence-corrected chi connectivity index (χ3v) is 7.61. The maximum Gasteiger partial charge on any atom is 0.252 e. The number of nitrogens with zero attached hydrogens (tertiary/aromatic N) is 3. The molecule has 7 nitrogen and oxygen atoms in total. The molecule has 174 valence electrons. The number of halogens is 2. The topological polar surface area (TPSA) is 84.3 Å². The number of rotatable bonds is 6. The van der Waals surface area contributed by atoms with Gasteiger partial charge in [-0.2, -0.15) is 4.31 Å². The average Bonchev–Trinajstić information content (AvgIpc) is 3.23. The summed E-state index contributed by atoms with van der Waals surface area (Å²) in [6.45, 7) is 0.637. The van der Waals surface area contributed by atoms with Gasteiger partial charge < -0.3 is 9.88 Å². The number of hydrogen-bond donors (Lipinski definition) is 1. The number of carbonyl (C=O) groups is 1. The predicted molar refractivity (Wildman–Crippen MR) is 118 cm³/mol.